The minimum atomic E-state index is -0.724. The fourth-order valence-corrected chi connectivity index (χ4v) is 5.61. The predicted molar refractivity (Wildman–Crippen MR) is 114 cm³/mol. The van der Waals surface area contributed by atoms with Crippen LogP contribution in [0.1, 0.15) is 46.2 Å². The van der Waals surface area contributed by atoms with Crippen LogP contribution in [0.3, 0.4) is 0 Å². The Labute approximate surface area is 165 Å². The van der Waals surface area contributed by atoms with Crippen molar-refractivity contribution in [3.63, 3.8) is 0 Å². The molecule has 0 aromatic heterocycles. The minimum Gasteiger partial charge on any atom is -0.293 e. The predicted octanol–water partition coefficient (Wildman–Crippen LogP) is 5.83. The zero-order valence-corrected chi connectivity index (χ0v) is 15.6. The molecule has 1 heteroatoms. The van der Waals surface area contributed by atoms with Gasteiger partial charge in [0.05, 0.1) is 0 Å². The van der Waals surface area contributed by atoms with Gasteiger partial charge in [-0.25, -0.2) is 0 Å². The average Bonchev–Trinajstić information content (AvgIpc) is 3.05. The maximum Gasteiger partial charge on any atom is 0.175 e. The number of allylic oxidation sites excluding steroid dienone is 3. The first-order valence-electron chi connectivity index (χ1n) is 10.1. The standard InChI is InChI=1S/C27H20O/c28-24-17-16-18-8-4-5-14-22(18)27(24)23-15-7-12-19-11-6-13-21(25(19)23)26(27)20-9-2-1-3-10-20/h1-5,7-10,12,14-17H,6,11,13H2/t27-/m0/s1. The van der Waals surface area contributed by atoms with E-state index < -0.39 is 5.41 Å². The lowest BCUT2D eigenvalue weighted by atomic mass is 9.63. The van der Waals surface area contributed by atoms with Gasteiger partial charge in [-0.2, -0.15) is 0 Å². The van der Waals surface area contributed by atoms with Crippen LogP contribution in [-0.2, 0) is 16.6 Å². The van der Waals surface area contributed by atoms with Gasteiger partial charge in [0.2, 0.25) is 0 Å². The van der Waals surface area contributed by atoms with E-state index >= 15 is 0 Å². The summed E-state index contributed by atoms with van der Waals surface area (Å²) in [6.07, 6.45) is 7.05. The first kappa shape index (κ1) is 15.8. The van der Waals surface area contributed by atoms with Crippen LogP contribution in [-0.4, -0.2) is 5.78 Å². The van der Waals surface area contributed by atoms with Crippen LogP contribution in [0.4, 0.5) is 0 Å². The Kier molecular flexibility index (Phi) is 3.20. The van der Waals surface area contributed by atoms with E-state index in [2.05, 4.69) is 66.7 Å². The van der Waals surface area contributed by atoms with Crippen molar-refractivity contribution in [2.24, 2.45) is 0 Å². The molecule has 0 N–H and O–H groups in total. The number of rotatable bonds is 1. The number of fused-ring (bicyclic) bond motifs is 3. The van der Waals surface area contributed by atoms with Crippen molar-refractivity contribution in [1.82, 2.24) is 0 Å². The second-order valence-electron chi connectivity index (χ2n) is 7.95. The molecule has 1 nitrogen and oxygen atoms in total. The van der Waals surface area contributed by atoms with Gasteiger partial charge in [-0.15, -0.1) is 0 Å². The average molecular weight is 360 g/mol. The molecule has 0 saturated heterocycles. The zero-order valence-electron chi connectivity index (χ0n) is 15.6. The molecule has 1 spiro atoms. The Bertz CT molecular complexity index is 1200. The Balaban J connectivity index is 1.81. The molecule has 0 bridgehead atoms. The largest absolute Gasteiger partial charge is 0.293 e. The van der Waals surface area contributed by atoms with Crippen LogP contribution in [0.15, 0.2) is 78.9 Å². The molecule has 0 amide bonds. The third-order valence-corrected chi connectivity index (χ3v) is 6.62. The van der Waals surface area contributed by atoms with Crippen molar-refractivity contribution in [2.75, 3.05) is 0 Å². The van der Waals surface area contributed by atoms with Crippen molar-refractivity contribution in [1.29, 1.82) is 0 Å². The maximum absolute atomic E-state index is 13.8. The highest BCUT2D eigenvalue weighted by molar-refractivity contribution is 6.23. The molecule has 28 heavy (non-hydrogen) atoms. The highest BCUT2D eigenvalue weighted by Crippen LogP contribution is 2.59. The van der Waals surface area contributed by atoms with Crippen LogP contribution in [0.25, 0.3) is 17.2 Å². The van der Waals surface area contributed by atoms with Crippen LogP contribution < -0.4 is 0 Å². The van der Waals surface area contributed by atoms with E-state index in [1.165, 1.54) is 33.4 Å². The molecule has 0 heterocycles. The molecule has 3 aliphatic carbocycles. The fraction of sp³-hybridized carbons (Fsp3) is 0.148. The molecule has 1 atom stereocenters. The van der Waals surface area contributed by atoms with Gasteiger partial charge in [0.25, 0.3) is 0 Å². The molecular weight excluding hydrogens is 340 g/mol. The van der Waals surface area contributed by atoms with Gasteiger partial charge in [-0.05, 0) is 69.9 Å². The lowest BCUT2D eigenvalue weighted by molar-refractivity contribution is -0.116. The van der Waals surface area contributed by atoms with Gasteiger partial charge in [-0.3, -0.25) is 4.79 Å². The summed E-state index contributed by atoms with van der Waals surface area (Å²) in [4.78, 5) is 13.8. The van der Waals surface area contributed by atoms with Gasteiger partial charge in [0, 0.05) is 0 Å². The number of aryl methyl sites for hydroxylation is 1. The Morgan fingerprint density at radius 3 is 2.39 bits per heavy atom. The van der Waals surface area contributed by atoms with E-state index in [1.807, 2.05) is 12.1 Å². The third kappa shape index (κ3) is 1.84. The van der Waals surface area contributed by atoms with Gasteiger partial charge < -0.3 is 0 Å². The Hall–Kier alpha value is -3.19. The van der Waals surface area contributed by atoms with Gasteiger partial charge in [0.1, 0.15) is 5.41 Å². The van der Waals surface area contributed by atoms with Crippen molar-refractivity contribution in [3.05, 3.63) is 112 Å². The number of carbonyl (C=O) groups excluding carboxylic acids is 1. The highest BCUT2D eigenvalue weighted by Gasteiger charge is 2.53. The second-order valence-corrected chi connectivity index (χ2v) is 7.95. The van der Waals surface area contributed by atoms with Crippen molar-refractivity contribution in [3.8, 4) is 0 Å². The summed E-state index contributed by atoms with van der Waals surface area (Å²) >= 11 is 0. The van der Waals surface area contributed by atoms with E-state index in [9.17, 15) is 4.79 Å². The highest BCUT2D eigenvalue weighted by atomic mass is 16.1. The Morgan fingerprint density at radius 2 is 1.50 bits per heavy atom. The SMILES string of the molecule is O=C1C=Cc2ccccc2[C@@]12C(c1ccccc1)=C1CCCc3cccc2c31. The molecule has 3 aliphatic rings. The summed E-state index contributed by atoms with van der Waals surface area (Å²) in [7, 11) is 0. The van der Waals surface area contributed by atoms with Gasteiger partial charge >= 0.3 is 0 Å². The number of ketones is 1. The molecule has 0 fully saturated rings. The molecule has 0 radical (unpaired) electrons. The van der Waals surface area contributed by atoms with Gasteiger partial charge in [-0.1, -0.05) is 78.9 Å². The van der Waals surface area contributed by atoms with E-state index in [4.69, 9.17) is 0 Å². The van der Waals surface area contributed by atoms with E-state index in [1.54, 1.807) is 6.08 Å². The smallest absolute Gasteiger partial charge is 0.175 e. The fourth-order valence-electron chi connectivity index (χ4n) is 5.61. The lowest BCUT2D eigenvalue weighted by Crippen LogP contribution is -2.38. The summed E-state index contributed by atoms with van der Waals surface area (Å²) in [5.41, 5.74) is 9.20. The van der Waals surface area contributed by atoms with Crippen LogP contribution >= 0.6 is 0 Å². The lowest BCUT2D eigenvalue weighted by Gasteiger charge is -2.36. The summed E-state index contributed by atoms with van der Waals surface area (Å²) in [6.45, 7) is 0. The molecule has 3 aromatic carbocycles. The summed E-state index contributed by atoms with van der Waals surface area (Å²) in [6, 6.07) is 25.5. The van der Waals surface area contributed by atoms with E-state index in [0.29, 0.717) is 0 Å². The third-order valence-electron chi connectivity index (χ3n) is 6.62. The summed E-state index contributed by atoms with van der Waals surface area (Å²) in [5.74, 6) is 0.181. The monoisotopic (exact) mass is 360 g/mol. The molecule has 134 valence electrons. The number of benzene rings is 3. The first-order valence-corrected chi connectivity index (χ1v) is 10.1. The maximum atomic E-state index is 13.8. The number of hydrogen-bond donors (Lipinski definition) is 0. The molecular formula is C27H20O. The normalized spacial score (nSPS) is 21.8. The molecule has 0 aliphatic heterocycles. The first-order chi connectivity index (χ1) is 13.8. The van der Waals surface area contributed by atoms with E-state index in [-0.39, 0.29) is 5.78 Å². The van der Waals surface area contributed by atoms with Crippen LogP contribution in [0, 0.1) is 0 Å². The molecule has 0 unspecified atom stereocenters. The number of hydrogen-bond acceptors (Lipinski definition) is 1. The summed E-state index contributed by atoms with van der Waals surface area (Å²) in [5, 5.41) is 0. The number of carbonyl (C=O) groups is 1. The van der Waals surface area contributed by atoms with Crippen molar-refractivity contribution >= 4 is 23.0 Å². The van der Waals surface area contributed by atoms with E-state index in [0.717, 1.165) is 30.4 Å². The summed E-state index contributed by atoms with van der Waals surface area (Å²) < 4.78 is 0. The van der Waals surface area contributed by atoms with Crippen LogP contribution in [0.5, 0.6) is 0 Å². The topological polar surface area (TPSA) is 17.1 Å². The van der Waals surface area contributed by atoms with Crippen molar-refractivity contribution in [2.45, 2.75) is 24.7 Å². The second kappa shape index (κ2) is 5.65. The molecule has 0 saturated carbocycles. The van der Waals surface area contributed by atoms with Gasteiger partial charge in [0.15, 0.2) is 5.78 Å². The van der Waals surface area contributed by atoms with Crippen LogP contribution in [0.2, 0.25) is 0 Å². The minimum absolute atomic E-state index is 0.181. The zero-order chi connectivity index (χ0) is 18.7. The quantitative estimate of drug-likeness (QED) is 0.534. The molecule has 3 aromatic rings. The molecule has 6 rings (SSSR count). The van der Waals surface area contributed by atoms with Crippen molar-refractivity contribution < 1.29 is 4.79 Å². The Morgan fingerprint density at radius 1 is 0.714 bits per heavy atom.